The number of carbonyl (C=O) groups is 1. The first-order valence-corrected chi connectivity index (χ1v) is 9.74. The Morgan fingerprint density at radius 3 is 2.96 bits per heavy atom. The third-order valence-corrected chi connectivity index (χ3v) is 7.49. The number of rotatable bonds is 2. The maximum absolute atomic E-state index is 15.6. The molecule has 1 spiro atoms. The molecule has 3 heterocycles. The van der Waals surface area contributed by atoms with Crippen molar-refractivity contribution in [2.24, 2.45) is 5.41 Å². The summed E-state index contributed by atoms with van der Waals surface area (Å²) in [6, 6.07) is 8.02. The molecule has 4 aliphatic rings. The number of methoxy groups -OCH3 is 1. The molecule has 5 atom stereocenters. The molecule has 2 fully saturated rings. The van der Waals surface area contributed by atoms with Gasteiger partial charge in [0.2, 0.25) is 0 Å². The second kappa shape index (κ2) is 5.55. The molecule has 27 heavy (non-hydrogen) atoms. The average Bonchev–Trinajstić information content (AvgIpc) is 3.24. The molecule has 2 saturated heterocycles. The predicted octanol–water partition coefficient (Wildman–Crippen LogP) is 2.36. The van der Waals surface area contributed by atoms with Crippen LogP contribution in [0.4, 0.5) is 10.1 Å². The molecule has 0 amide bonds. The van der Waals surface area contributed by atoms with Crippen LogP contribution in [0.15, 0.2) is 35.5 Å². The molecule has 5 nitrogen and oxygen atoms in total. The van der Waals surface area contributed by atoms with E-state index in [-0.39, 0.29) is 12.5 Å². The number of anilines is 1. The summed E-state index contributed by atoms with van der Waals surface area (Å²) in [6.07, 6.45) is -0.745. The fraction of sp³-hybridized carbons (Fsp3) is 0.571. The van der Waals surface area contributed by atoms with Crippen molar-refractivity contribution in [3.63, 3.8) is 0 Å². The Bertz CT molecular complexity index is 856. The highest BCUT2D eigenvalue weighted by Crippen LogP contribution is 2.65. The van der Waals surface area contributed by atoms with Crippen molar-refractivity contribution >= 4 is 11.7 Å². The van der Waals surface area contributed by atoms with E-state index >= 15 is 4.39 Å². The van der Waals surface area contributed by atoms with Crippen molar-refractivity contribution in [1.82, 2.24) is 4.90 Å². The first-order valence-electron chi connectivity index (χ1n) is 9.74. The maximum Gasteiger partial charge on any atom is 0.335 e. The lowest BCUT2D eigenvalue weighted by atomic mass is 9.52. The van der Waals surface area contributed by atoms with E-state index in [0.717, 1.165) is 29.9 Å². The monoisotopic (exact) mass is 372 g/mol. The molecule has 0 radical (unpaired) electrons. The minimum atomic E-state index is -1.37. The van der Waals surface area contributed by atoms with Crippen LogP contribution in [0.25, 0.3) is 0 Å². The molecule has 144 valence electrons. The number of aliphatic hydroxyl groups is 1. The summed E-state index contributed by atoms with van der Waals surface area (Å²) in [6.45, 7) is 3.10. The third-order valence-electron chi connectivity index (χ3n) is 7.49. The van der Waals surface area contributed by atoms with Crippen LogP contribution < -0.4 is 5.32 Å². The largest absolute Gasteiger partial charge is 0.466 e. The SMILES string of the molecule is CC[C@]12CC(C(=O)OC)=C3Nc4ccccc4[C@]34CCN(CC(O)C1F)[C@H]24. The zero-order chi connectivity index (χ0) is 19.0. The summed E-state index contributed by atoms with van der Waals surface area (Å²) in [7, 11) is 1.37. The van der Waals surface area contributed by atoms with Crippen LogP contribution in [-0.2, 0) is 14.9 Å². The van der Waals surface area contributed by atoms with E-state index in [1.54, 1.807) is 0 Å². The number of benzene rings is 1. The highest BCUT2D eigenvalue weighted by Gasteiger charge is 2.70. The number of alkyl halides is 1. The molecule has 1 aliphatic carbocycles. The van der Waals surface area contributed by atoms with Gasteiger partial charge < -0.3 is 15.2 Å². The van der Waals surface area contributed by atoms with E-state index in [1.165, 1.54) is 7.11 Å². The minimum Gasteiger partial charge on any atom is -0.466 e. The van der Waals surface area contributed by atoms with E-state index in [1.807, 2.05) is 25.1 Å². The summed E-state index contributed by atoms with van der Waals surface area (Å²) >= 11 is 0. The van der Waals surface area contributed by atoms with Crippen molar-refractivity contribution in [3.8, 4) is 0 Å². The summed E-state index contributed by atoms with van der Waals surface area (Å²) < 4.78 is 20.7. The number of halogens is 1. The van der Waals surface area contributed by atoms with Crippen molar-refractivity contribution in [3.05, 3.63) is 41.1 Å². The zero-order valence-electron chi connectivity index (χ0n) is 15.7. The average molecular weight is 372 g/mol. The van der Waals surface area contributed by atoms with Crippen LogP contribution in [0.5, 0.6) is 0 Å². The topological polar surface area (TPSA) is 61.8 Å². The number of ether oxygens (including phenoxy) is 1. The zero-order valence-corrected chi connectivity index (χ0v) is 15.7. The Balaban J connectivity index is 1.82. The Morgan fingerprint density at radius 2 is 2.22 bits per heavy atom. The van der Waals surface area contributed by atoms with Crippen LogP contribution in [0.1, 0.15) is 31.7 Å². The number of piperidine rings is 1. The molecular weight excluding hydrogens is 347 g/mol. The van der Waals surface area contributed by atoms with Crippen LogP contribution in [-0.4, -0.2) is 54.5 Å². The number of hydrogen-bond acceptors (Lipinski definition) is 5. The Hall–Kier alpha value is -1.92. The molecule has 2 N–H and O–H groups in total. The van der Waals surface area contributed by atoms with Gasteiger partial charge in [0.25, 0.3) is 0 Å². The van der Waals surface area contributed by atoms with E-state index in [0.29, 0.717) is 18.5 Å². The lowest BCUT2D eigenvalue weighted by molar-refractivity contribution is -0.142. The number of esters is 1. The van der Waals surface area contributed by atoms with Crippen molar-refractivity contribution in [2.45, 2.75) is 49.9 Å². The molecule has 5 rings (SSSR count). The number of para-hydroxylation sites is 1. The number of nitrogens with zero attached hydrogens (tertiary/aromatic N) is 1. The van der Waals surface area contributed by atoms with Crippen LogP contribution in [0, 0.1) is 5.41 Å². The number of carbonyl (C=O) groups excluding carboxylic acids is 1. The normalized spacial score (nSPS) is 39.5. The Kier molecular flexibility index (Phi) is 3.53. The quantitative estimate of drug-likeness (QED) is 0.781. The molecule has 6 heteroatoms. The van der Waals surface area contributed by atoms with Crippen LogP contribution in [0.3, 0.4) is 0 Å². The van der Waals surface area contributed by atoms with Gasteiger partial charge in [-0.25, -0.2) is 9.18 Å². The standard InChI is InChI=1S/C21H25FN2O3/c1-3-20-10-12(18(26)27-2)17-21(13-6-4-5-7-14(13)23-17)8-9-24(19(20)21)11-15(25)16(20)22/h4-7,15-16,19,23,25H,3,8-11H2,1-2H3/t15?,16?,19-,20+,21-/m1/s1. The van der Waals surface area contributed by atoms with Gasteiger partial charge in [-0.1, -0.05) is 25.1 Å². The molecule has 2 unspecified atom stereocenters. The van der Waals surface area contributed by atoms with E-state index in [9.17, 15) is 9.90 Å². The highest BCUT2D eigenvalue weighted by atomic mass is 19.1. The predicted molar refractivity (Wildman–Crippen MR) is 99.0 cm³/mol. The maximum atomic E-state index is 15.6. The molecule has 1 aromatic carbocycles. The van der Waals surface area contributed by atoms with Gasteiger partial charge in [0.15, 0.2) is 0 Å². The number of hydrogen-bond donors (Lipinski definition) is 2. The van der Waals surface area contributed by atoms with E-state index in [4.69, 9.17) is 4.74 Å². The third kappa shape index (κ3) is 1.88. The van der Waals surface area contributed by atoms with Crippen molar-refractivity contribution < 1.29 is 19.0 Å². The van der Waals surface area contributed by atoms with Gasteiger partial charge >= 0.3 is 5.97 Å². The Morgan fingerprint density at radius 1 is 1.44 bits per heavy atom. The number of aliphatic hydroxyl groups excluding tert-OH is 1. The highest BCUT2D eigenvalue weighted by molar-refractivity contribution is 5.93. The van der Waals surface area contributed by atoms with Gasteiger partial charge in [-0.15, -0.1) is 0 Å². The lowest BCUT2D eigenvalue weighted by Crippen LogP contribution is -2.67. The summed E-state index contributed by atoms with van der Waals surface area (Å²) in [4.78, 5) is 15.0. The molecule has 0 aromatic heterocycles. The minimum absolute atomic E-state index is 0.0760. The fourth-order valence-corrected chi connectivity index (χ4v) is 6.49. The smallest absolute Gasteiger partial charge is 0.335 e. The van der Waals surface area contributed by atoms with Gasteiger partial charge in [-0.05, 0) is 37.4 Å². The summed E-state index contributed by atoms with van der Waals surface area (Å²) in [5.74, 6) is -0.401. The Labute approximate surface area is 158 Å². The number of nitrogens with one attached hydrogen (secondary N) is 1. The molecular formula is C21H25FN2O3. The van der Waals surface area contributed by atoms with Gasteiger partial charge in [-0.2, -0.15) is 0 Å². The van der Waals surface area contributed by atoms with Gasteiger partial charge in [0.1, 0.15) is 6.17 Å². The van der Waals surface area contributed by atoms with Gasteiger partial charge in [0, 0.05) is 29.4 Å². The van der Waals surface area contributed by atoms with E-state index in [2.05, 4.69) is 16.3 Å². The van der Waals surface area contributed by atoms with Crippen molar-refractivity contribution in [1.29, 1.82) is 0 Å². The molecule has 0 saturated carbocycles. The lowest BCUT2D eigenvalue weighted by Gasteiger charge is -2.58. The van der Waals surface area contributed by atoms with Gasteiger partial charge in [-0.3, -0.25) is 4.90 Å². The first-order chi connectivity index (χ1) is 13.0. The van der Waals surface area contributed by atoms with Gasteiger partial charge in [0.05, 0.1) is 24.2 Å². The van der Waals surface area contributed by atoms with Crippen LogP contribution in [0.2, 0.25) is 0 Å². The fourth-order valence-electron chi connectivity index (χ4n) is 6.49. The molecule has 0 bridgehead atoms. The second-order valence-electron chi connectivity index (χ2n) is 8.37. The van der Waals surface area contributed by atoms with E-state index < -0.39 is 29.1 Å². The first kappa shape index (κ1) is 17.2. The molecule has 3 aliphatic heterocycles. The number of fused-ring (bicyclic) bond motifs is 1. The summed E-state index contributed by atoms with van der Waals surface area (Å²) in [5.41, 5.74) is 2.29. The van der Waals surface area contributed by atoms with Crippen LogP contribution >= 0.6 is 0 Å². The molecule has 1 aromatic rings. The second-order valence-corrected chi connectivity index (χ2v) is 8.37. The summed E-state index contributed by atoms with van der Waals surface area (Å²) in [5, 5.41) is 14.0. The van der Waals surface area contributed by atoms with Crippen molar-refractivity contribution in [2.75, 3.05) is 25.5 Å².